The van der Waals surface area contributed by atoms with E-state index in [1.165, 1.54) is 5.56 Å². The fourth-order valence-electron chi connectivity index (χ4n) is 2.87. The van der Waals surface area contributed by atoms with Crippen LogP contribution in [0.25, 0.3) is 16.6 Å². The SMILES string of the molecule is CCCc1ccc2c(N(C)C)nc(=O)n(-c3ccccc3)c2c1. The molecular weight excluding hydrogens is 286 g/mol. The summed E-state index contributed by atoms with van der Waals surface area (Å²) in [6.45, 7) is 2.16. The highest BCUT2D eigenvalue weighted by molar-refractivity contribution is 5.91. The Labute approximate surface area is 136 Å². The first-order chi connectivity index (χ1) is 11.1. The third-order valence-electron chi connectivity index (χ3n) is 3.91. The normalized spacial score (nSPS) is 10.9. The number of hydrogen-bond donors (Lipinski definition) is 0. The number of aryl methyl sites for hydroxylation is 1. The highest BCUT2D eigenvalue weighted by atomic mass is 16.1. The van der Waals surface area contributed by atoms with Crippen LogP contribution in [-0.2, 0) is 6.42 Å². The summed E-state index contributed by atoms with van der Waals surface area (Å²) in [5.41, 5.74) is 2.74. The highest BCUT2D eigenvalue weighted by Gasteiger charge is 2.13. The van der Waals surface area contributed by atoms with Crippen molar-refractivity contribution < 1.29 is 0 Å². The molecule has 0 atom stereocenters. The van der Waals surface area contributed by atoms with E-state index >= 15 is 0 Å². The van der Waals surface area contributed by atoms with Crippen molar-refractivity contribution in [3.8, 4) is 5.69 Å². The number of para-hydroxylation sites is 1. The van der Waals surface area contributed by atoms with Crippen LogP contribution in [0, 0.1) is 0 Å². The summed E-state index contributed by atoms with van der Waals surface area (Å²) in [5.74, 6) is 0.709. The number of benzene rings is 2. The lowest BCUT2D eigenvalue weighted by Crippen LogP contribution is -2.25. The van der Waals surface area contributed by atoms with Crippen molar-refractivity contribution in [1.29, 1.82) is 0 Å². The molecule has 118 valence electrons. The molecule has 0 N–H and O–H groups in total. The van der Waals surface area contributed by atoms with E-state index in [-0.39, 0.29) is 5.69 Å². The average Bonchev–Trinajstić information content (AvgIpc) is 2.55. The van der Waals surface area contributed by atoms with Crippen LogP contribution in [0.1, 0.15) is 18.9 Å². The molecule has 4 heteroatoms. The first-order valence-corrected chi connectivity index (χ1v) is 7.90. The van der Waals surface area contributed by atoms with Gasteiger partial charge in [-0.1, -0.05) is 37.6 Å². The minimum absolute atomic E-state index is 0.249. The van der Waals surface area contributed by atoms with E-state index in [0.717, 1.165) is 29.4 Å². The van der Waals surface area contributed by atoms with Gasteiger partial charge < -0.3 is 4.90 Å². The molecule has 3 aromatic rings. The Morgan fingerprint density at radius 3 is 2.48 bits per heavy atom. The molecule has 3 rings (SSSR count). The number of hydrogen-bond acceptors (Lipinski definition) is 3. The van der Waals surface area contributed by atoms with Crippen LogP contribution in [-0.4, -0.2) is 23.6 Å². The molecule has 0 aliphatic rings. The van der Waals surface area contributed by atoms with Crippen molar-refractivity contribution in [3.63, 3.8) is 0 Å². The van der Waals surface area contributed by atoms with Crippen molar-refractivity contribution in [1.82, 2.24) is 9.55 Å². The summed E-state index contributed by atoms with van der Waals surface area (Å²) in [7, 11) is 3.82. The van der Waals surface area contributed by atoms with Crippen LogP contribution in [0.4, 0.5) is 5.82 Å². The molecule has 0 spiro atoms. The molecule has 2 aromatic carbocycles. The summed E-state index contributed by atoms with van der Waals surface area (Å²) < 4.78 is 1.70. The largest absolute Gasteiger partial charge is 0.362 e. The van der Waals surface area contributed by atoms with Gasteiger partial charge >= 0.3 is 5.69 Å². The quantitative estimate of drug-likeness (QED) is 0.741. The third-order valence-corrected chi connectivity index (χ3v) is 3.91. The van der Waals surface area contributed by atoms with E-state index in [1.807, 2.05) is 49.3 Å². The third kappa shape index (κ3) is 2.84. The second-order valence-electron chi connectivity index (χ2n) is 5.88. The standard InChI is InChI=1S/C19H21N3O/c1-4-8-14-11-12-16-17(13-14)22(15-9-6-5-7-10-15)19(23)20-18(16)21(2)3/h5-7,9-13H,4,8H2,1-3H3. The van der Waals surface area contributed by atoms with Crippen molar-refractivity contribution >= 4 is 16.7 Å². The number of anilines is 1. The topological polar surface area (TPSA) is 38.1 Å². The number of aromatic nitrogens is 2. The zero-order valence-electron chi connectivity index (χ0n) is 13.8. The Morgan fingerprint density at radius 2 is 1.83 bits per heavy atom. The number of rotatable bonds is 4. The molecule has 0 aliphatic carbocycles. The molecule has 23 heavy (non-hydrogen) atoms. The molecule has 1 heterocycles. The zero-order chi connectivity index (χ0) is 16.4. The van der Waals surface area contributed by atoms with E-state index in [2.05, 4.69) is 30.1 Å². The van der Waals surface area contributed by atoms with Crippen molar-refractivity contribution in [2.45, 2.75) is 19.8 Å². The van der Waals surface area contributed by atoms with Gasteiger partial charge in [0.05, 0.1) is 11.2 Å². The Morgan fingerprint density at radius 1 is 1.09 bits per heavy atom. The molecule has 0 bridgehead atoms. The van der Waals surface area contributed by atoms with Crippen LogP contribution in [0.2, 0.25) is 0 Å². The van der Waals surface area contributed by atoms with Gasteiger partial charge in [0.1, 0.15) is 5.82 Å². The van der Waals surface area contributed by atoms with Gasteiger partial charge in [-0.3, -0.25) is 4.57 Å². The Bertz CT molecular complexity index is 882. The Balaban J connectivity index is 2.38. The minimum Gasteiger partial charge on any atom is -0.362 e. The van der Waals surface area contributed by atoms with E-state index in [0.29, 0.717) is 5.82 Å². The molecule has 1 aromatic heterocycles. The zero-order valence-corrected chi connectivity index (χ0v) is 13.8. The second kappa shape index (κ2) is 6.24. The molecule has 0 unspecified atom stereocenters. The van der Waals surface area contributed by atoms with Gasteiger partial charge in [-0.25, -0.2) is 4.79 Å². The van der Waals surface area contributed by atoms with Gasteiger partial charge in [0.2, 0.25) is 0 Å². The fraction of sp³-hybridized carbons (Fsp3) is 0.263. The molecule has 0 saturated carbocycles. The molecule has 4 nitrogen and oxygen atoms in total. The summed E-state index contributed by atoms with van der Waals surface area (Å²) in [6.07, 6.45) is 2.07. The maximum atomic E-state index is 12.7. The van der Waals surface area contributed by atoms with Gasteiger partial charge in [0.15, 0.2) is 0 Å². The van der Waals surface area contributed by atoms with Crippen LogP contribution < -0.4 is 10.6 Å². The van der Waals surface area contributed by atoms with Crippen LogP contribution in [0.15, 0.2) is 53.3 Å². The summed E-state index contributed by atoms with van der Waals surface area (Å²) >= 11 is 0. The predicted octanol–water partition coefficient (Wildman–Crippen LogP) is 3.40. The number of nitrogens with zero attached hydrogens (tertiary/aromatic N) is 3. The van der Waals surface area contributed by atoms with Gasteiger partial charge in [0.25, 0.3) is 0 Å². The molecule has 0 aliphatic heterocycles. The van der Waals surface area contributed by atoms with E-state index in [9.17, 15) is 4.79 Å². The maximum absolute atomic E-state index is 12.7. The van der Waals surface area contributed by atoms with Crippen molar-refractivity contribution in [2.75, 3.05) is 19.0 Å². The molecule has 0 fully saturated rings. The molecule has 0 radical (unpaired) electrons. The highest BCUT2D eigenvalue weighted by Crippen LogP contribution is 2.25. The Hall–Kier alpha value is -2.62. The molecule has 0 amide bonds. The maximum Gasteiger partial charge on any atom is 0.354 e. The summed E-state index contributed by atoms with van der Waals surface area (Å²) in [6, 6.07) is 16.0. The van der Waals surface area contributed by atoms with E-state index in [4.69, 9.17) is 0 Å². The second-order valence-corrected chi connectivity index (χ2v) is 5.88. The lowest BCUT2D eigenvalue weighted by Gasteiger charge is -2.18. The van der Waals surface area contributed by atoms with Crippen LogP contribution >= 0.6 is 0 Å². The fourth-order valence-corrected chi connectivity index (χ4v) is 2.87. The Kier molecular flexibility index (Phi) is 4.15. The van der Waals surface area contributed by atoms with Crippen LogP contribution in [0.3, 0.4) is 0 Å². The smallest absolute Gasteiger partial charge is 0.354 e. The average molecular weight is 307 g/mol. The molecule has 0 saturated heterocycles. The minimum atomic E-state index is -0.249. The van der Waals surface area contributed by atoms with E-state index < -0.39 is 0 Å². The summed E-state index contributed by atoms with van der Waals surface area (Å²) in [5, 5.41) is 0.985. The van der Waals surface area contributed by atoms with E-state index in [1.54, 1.807) is 4.57 Å². The first kappa shape index (κ1) is 15.3. The van der Waals surface area contributed by atoms with Crippen molar-refractivity contribution in [3.05, 3.63) is 64.6 Å². The summed E-state index contributed by atoms with van der Waals surface area (Å²) in [4.78, 5) is 18.8. The number of fused-ring (bicyclic) bond motifs is 1. The predicted molar refractivity (Wildman–Crippen MR) is 95.7 cm³/mol. The van der Waals surface area contributed by atoms with Crippen LogP contribution in [0.5, 0.6) is 0 Å². The van der Waals surface area contributed by atoms with Gasteiger partial charge in [-0.2, -0.15) is 4.98 Å². The molecular formula is C19H21N3O. The monoisotopic (exact) mass is 307 g/mol. The van der Waals surface area contributed by atoms with Gasteiger partial charge in [-0.05, 0) is 36.2 Å². The van der Waals surface area contributed by atoms with Gasteiger partial charge in [0, 0.05) is 19.5 Å². The lowest BCUT2D eigenvalue weighted by molar-refractivity contribution is 0.912. The lowest BCUT2D eigenvalue weighted by atomic mass is 10.1. The van der Waals surface area contributed by atoms with Gasteiger partial charge in [-0.15, -0.1) is 0 Å². The van der Waals surface area contributed by atoms with Crippen molar-refractivity contribution in [2.24, 2.45) is 0 Å². The first-order valence-electron chi connectivity index (χ1n) is 7.90.